The Morgan fingerprint density at radius 1 is 1.29 bits per heavy atom. The van der Waals surface area contributed by atoms with E-state index in [4.69, 9.17) is 4.74 Å². The summed E-state index contributed by atoms with van der Waals surface area (Å²) in [4.78, 5) is 14.5. The molecule has 1 amide bonds. The van der Waals surface area contributed by atoms with Crippen molar-refractivity contribution >= 4 is 11.6 Å². The highest BCUT2D eigenvalue weighted by Gasteiger charge is 2.42. The number of carbonyl (C=O) groups is 1. The van der Waals surface area contributed by atoms with E-state index in [1.54, 1.807) is 0 Å². The Balaban J connectivity index is 1.46. The zero-order chi connectivity index (χ0) is 14.3. The number of hydrogen-bond acceptors (Lipinski definition) is 3. The maximum absolute atomic E-state index is 12.4. The lowest BCUT2D eigenvalue weighted by atomic mass is 9.74. The first-order chi connectivity index (χ1) is 10.3. The highest BCUT2D eigenvalue weighted by molar-refractivity contribution is 5.81. The first kappa shape index (κ1) is 13.1. The minimum absolute atomic E-state index is 0.173. The summed E-state index contributed by atoms with van der Waals surface area (Å²) >= 11 is 0. The van der Waals surface area contributed by atoms with E-state index in [-0.39, 0.29) is 17.4 Å². The van der Waals surface area contributed by atoms with E-state index in [1.807, 2.05) is 4.90 Å². The second kappa shape index (κ2) is 5.02. The van der Waals surface area contributed by atoms with E-state index >= 15 is 0 Å². The van der Waals surface area contributed by atoms with Crippen molar-refractivity contribution in [2.45, 2.75) is 37.2 Å². The zero-order valence-electron chi connectivity index (χ0n) is 12.3. The van der Waals surface area contributed by atoms with Crippen LogP contribution in [0.3, 0.4) is 0 Å². The van der Waals surface area contributed by atoms with Gasteiger partial charge in [0.25, 0.3) is 5.91 Å². The molecule has 0 aliphatic carbocycles. The number of carbonyl (C=O) groups excluding carboxylic acids is 1. The summed E-state index contributed by atoms with van der Waals surface area (Å²) in [6.07, 6.45) is 3.84. The number of fused-ring (bicyclic) bond motifs is 2. The number of amides is 1. The highest BCUT2D eigenvalue weighted by atomic mass is 16.5. The third-order valence-corrected chi connectivity index (χ3v) is 5.35. The smallest absolute Gasteiger partial charge is 0.251 e. The van der Waals surface area contributed by atoms with Crippen molar-refractivity contribution in [1.29, 1.82) is 0 Å². The van der Waals surface area contributed by atoms with Crippen molar-refractivity contribution in [3.05, 3.63) is 29.8 Å². The van der Waals surface area contributed by atoms with Gasteiger partial charge in [0.15, 0.2) is 0 Å². The van der Waals surface area contributed by atoms with Gasteiger partial charge in [0.1, 0.15) is 6.10 Å². The number of anilines is 1. The number of likely N-dealkylation sites (tertiary alicyclic amines) is 1. The molecule has 112 valence electrons. The molecule has 4 rings (SSSR count). The molecule has 3 aliphatic heterocycles. The predicted octanol–water partition coefficient (Wildman–Crippen LogP) is 2.15. The summed E-state index contributed by atoms with van der Waals surface area (Å²) in [7, 11) is 0. The number of benzene rings is 1. The number of nitrogens with zero attached hydrogens (tertiary/aromatic N) is 1. The highest BCUT2D eigenvalue weighted by Crippen LogP contribution is 2.43. The van der Waals surface area contributed by atoms with Gasteiger partial charge in [-0.25, -0.2) is 0 Å². The Labute approximate surface area is 125 Å². The van der Waals surface area contributed by atoms with Gasteiger partial charge in [-0.1, -0.05) is 18.2 Å². The van der Waals surface area contributed by atoms with Crippen LogP contribution in [-0.4, -0.2) is 43.2 Å². The van der Waals surface area contributed by atoms with Crippen LogP contribution in [0.5, 0.6) is 0 Å². The summed E-state index contributed by atoms with van der Waals surface area (Å²) in [5, 5.41) is 3.53. The molecular formula is C17H22N2O2. The van der Waals surface area contributed by atoms with Gasteiger partial charge in [-0.05, 0) is 37.3 Å². The molecule has 2 saturated heterocycles. The van der Waals surface area contributed by atoms with Crippen molar-refractivity contribution in [2.24, 2.45) is 0 Å². The lowest BCUT2D eigenvalue weighted by molar-refractivity contribution is -0.142. The third-order valence-electron chi connectivity index (χ3n) is 5.35. The average Bonchev–Trinajstić information content (AvgIpc) is 3.17. The van der Waals surface area contributed by atoms with E-state index < -0.39 is 0 Å². The van der Waals surface area contributed by atoms with Crippen molar-refractivity contribution in [3.63, 3.8) is 0 Å². The van der Waals surface area contributed by atoms with E-state index in [1.165, 1.54) is 11.3 Å². The fraction of sp³-hybridized carbons (Fsp3) is 0.588. The molecule has 2 fully saturated rings. The Morgan fingerprint density at radius 3 is 2.86 bits per heavy atom. The maximum atomic E-state index is 12.4. The van der Waals surface area contributed by atoms with Crippen LogP contribution in [0.1, 0.15) is 31.2 Å². The molecule has 0 aromatic heterocycles. The second-order valence-corrected chi connectivity index (χ2v) is 6.51. The number of rotatable bonds is 1. The van der Waals surface area contributed by atoms with Gasteiger partial charge in [0.2, 0.25) is 0 Å². The lowest BCUT2D eigenvalue weighted by Gasteiger charge is -2.40. The zero-order valence-corrected chi connectivity index (χ0v) is 12.3. The van der Waals surface area contributed by atoms with Gasteiger partial charge in [-0.15, -0.1) is 0 Å². The second-order valence-electron chi connectivity index (χ2n) is 6.51. The predicted molar refractivity (Wildman–Crippen MR) is 81.4 cm³/mol. The molecule has 3 aliphatic rings. The largest absolute Gasteiger partial charge is 0.384 e. The van der Waals surface area contributed by atoms with Crippen LogP contribution in [0.4, 0.5) is 5.69 Å². The topological polar surface area (TPSA) is 41.6 Å². The molecule has 1 N–H and O–H groups in total. The van der Waals surface area contributed by atoms with Crippen molar-refractivity contribution in [2.75, 3.05) is 31.6 Å². The normalized spacial score (nSPS) is 26.7. The van der Waals surface area contributed by atoms with Crippen LogP contribution < -0.4 is 5.32 Å². The summed E-state index contributed by atoms with van der Waals surface area (Å²) < 4.78 is 5.54. The summed E-state index contributed by atoms with van der Waals surface area (Å²) in [6.45, 7) is 3.46. The molecule has 0 bridgehead atoms. The van der Waals surface area contributed by atoms with Gasteiger partial charge in [-0.3, -0.25) is 4.79 Å². The van der Waals surface area contributed by atoms with Crippen LogP contribution >= 0.6 is 0 Å². The van der Waals surface area contributed by atoms with Gasteiger partial charge in [-0.2, -0.15) is 0 Å². The van der Waals surface area contributed by atoms with Crippen LogP contribution in [0, 0.1) is 0 Å². The summed E-state index contributed by atoms with van der Waals surface area (Å²) in [5.74, 6) is 0.210. The number of hydrogen-bond donors (Lipinski definition) is 1. The van der Waals surface area contributed by atoms with E-state index in [2.05, 4.69) is 29.6 Å². The fourth-order valence-corrected chi connectivity index (χ4v) is 4.04. The molecule has 0 radical (unpaired) electrons. The number of nitrogens with one attached hydrogen (secondary N) is 1. The Morgan fingerprint density at radius 2 is 2.10 bits per heavy atom. The molecule has 1 aromatic rings. The molecule has 21 heavy (non-hydrogen) atoms. The average molecular weight is 286 g/mol. The van der Waals surface area contributed by atoms with Crippen molar-refractivity contribution in [1.82, 2.24) is 4.90 Å². The summed E-state index contributed by atoms with van der Waals surface area (Å²) in [5.41, 5.74) is 2.94. The first-order valence-electron chi connectivity index (χ1n) is 8.02. The number of ether oxygens (including phenoxy) is 1. The minimum atomic E-state index is -0.173. The molecular weight excluding hydrogens is 264 g/mol. The van der Waals surface area contributed by atoms with Gasteiger partial charge < -0.3 is 15.0 Å². The van der Waals surface area contributed by atoms with Gasteiger partial charge in [0.05, 0.1) is 0 Å². The molecule has 4 nitrogen and oxygen atoms in total. The maximum Gasteiger partial charge on any atom is 0.251 e. The number of para-hydroxylation sites is 1. The molecule has 0 saturated carbocycles. The molecule has 4 heteroatoms. The summed E-state index contributed by atoms with van der Waals surface area (Å²) in [6, 6.07) is 8.61. The van der Waals surface area contributed by atoms with Crippen LogP contribution in [-0.2, 0) is 14.9 Å². The molecule has 0 unspecified atom stereocenters. The van der Waals surface area contributed by atoms with Crippen LogP contribution in [0.15, 0.2) is 24.3 Å². The molecule has 3 heterocycles. The van der Waals surface area contributed by atoms with Crippen molar-refractivity contribution in [3.8, 4) is 0 Å². The van der Waals surface area contributed by atoms with E-state index in [0.717, 1.165) is 51.9 Å². The standard InChI is InChI=1S/C17H22N2O2/c20-16(15-6-3-11-21-15)19-9-7-17(8-10-19)12-18-14-5-2-1-4-13(14)17/h1-2,4-5,15,18H,3,6-12H2/t15-/m1/s1. The monoisotopic (exact) mass is 286 g/mol. The van der Waals surface area contributed by atoms with Gasteiger partial charge in [0, 0.05) is 37.3 Å². The fourth-order valence-electron chi connectivity index (χ4n) is 4.04. The Kier molecular flexibility index (Phi) is 3.14. The van der Waals surface area contributed by atoms with Crippen molar-refractivity contribution < 1.29 is 9.53 Å². The number of piperidine rings is 1. The van der Waals surface area contributed by atoms with Crippen LogP contribution in [0.25, 0.3) is 0 Å². The van der Waals surface area contributed by atoms with E-state index in [0.29, 0.717) is 0 Å². The molecule has 1 aromatic carbocycles. The van der Waals surface area contributed by atoms with E-state index in [9.17, 15) is 4.79 Å². The first-order valence-corrected chi connectivity index (χ1v) is 8.02. The van der Waals surface area contributed by atoms with Crippen LogP contribution in [0.2, 0.25) is 0 Å². The SMILES string of the molecule is O=C([C@H]1CCCO1)N1CCC2(CC1)CNc1ccccc12. The Bertz CT molecular complexity index is 543. The Hall–Kier alpha value is -1.55. The molecule has 1 atom stereocenters. The lowest BCUT2D eigenvalue weighted by Crippen LogP contribution is -2.49. The minimum Gasteiger partial charge on any atom is -0.384 e. The third kappa shape index (κ3) is 2.13. The van der Waals surface area contributed by atoms with Gasteiger partial charge >= 0.3 is 0 Å². The molecule has 1 spiro atoms. The quantitative estimate of drug-likeness (QED) is 0.860.